The van der Waals surface area contributed by atoms with E-state index in [9.17, 15) is 14.4 Å². The van der Waals surface area contributed by atoms with Gasteiger partial charge < -0.3 is 5.73 Å². The van der Waals surface area contributed by atoms with Crippen LogP contribution in [0.4, 0.5) is 5.82 Å². The summed E-state index contributed by atoms with van der Waals surface area (Å²) in [5, 5.41) is 2.11. The molecule has 21 heavy (non-hydrogen) atoms. The van der Waals surface area contributed by atoms with Gasteiger partial charge in [-0.15, -0.1) is 6.42 Å². The molecule has 6 nitrogen and oxygen atoms in total. The van der Waals surface area contributed by atoms with Crippen molar-refractivity contribution in [3.63, 3.8) is 0 Å². The summed E-state index contributed by atoms with van der Waals surface area (Å²) in [5.74, 6) is 1.09. The predicted molar refractivity (Wildman–Crippen MR) is 76.2 cm³/mol. The molecule has 3 rings (SSSR count). The minimum atomic E-state index is -0.629. The van der Waals surface area contributed by atoms with Crippen molar-refractivity contribution in [1.82, 2.24) is 9.88 Å². The molecule has 6 heteroatoms. The summed E-state index contributed by atoms with van der Waals surface area (Å²) < 4.78 is 1.13. The van der Waals surface area contributed by atoms with Crippen LogP contribution in [0, 0.1) is 12.3 Å². The third kappa shape index (κ3) is 1.72. The fourth-order valence-electron chi connectivity index (χ4n) is 2.32. The minimum Gasteiger partial charge on any atom is -0.384 e. The highest BCUT2D eigenvalue weighted by Gasteiger charge is 2.32. The third-order valence-corrected chi connectivity index (χ3v) is 3.25. The molecule has 0 fully saturated rings. The lowest BCUT2D eigenvalue weighted by Gasteiger charge is -2.13. The van der Waals surface area contributed by atoms with Crippen molar-refractivity contribution < 1.29 is 9.59 Å². The van der Waals surface area contributed by atoms with E-state index in [4.69, 9.17) is 12.2 Å². The van der Waals surface area contributed by atoms with Gasteiger partial charge in [-0.25, -0.2) is 0 Å². The number of imide groups is 1. The first-order valence-electron chi connectivity index (χ1n) is 6.02. The van der Waals surface area contributed by atoms with Gasteiger partial charge in [-0.05, 0) is 12.1 Å². The van der Waals surface area contributed by atoms with Crippen LogP contribution in [-0.4, -0.2) is 16.4 Å². The molecular formula is C15H9N3O3. The number of carbonyl (C=O) groups excluding carboxylic acids is 2. The van der Waals surface area contributed by atoms with E-state index >= 15 is 0 Å². The Labute approximate surface area is 119 Å². The van der Waals surface area contributed by atoms with Crippen molar-refractivity contribution in [2.75, 3.05) is 5.73 Å². The molecule has 3 N–H and O–H groups in total. The van der Waals surface area contributed by atoms with Crippen LogP contribution in [0.15, 0.2) is 35.1 Å². The van der Waals surface area contributed by atoms with E-state index in [0.717, 1.165) is 10.6 Å². The van der Waals surface area contributed by atoms with Crippen molar-refractivity contribution in [3.8, 4) is 18.0 Å². The molecule has 2 aromatic rings. The number of nitrogen functional groups attached to an aromatic ring is 1. The molecule has 0 atom stereocenters. The van der Waals surface area contributed by atoms with Crippen LogP contribution >= 0.6 is 0 Å². The van der Waals surface area contributed by atoms with E-state index in [1.807, 2.05) is 0 Å². The minimum absolute atomic E-state index is 0.00794. The zero-order valence-electron chi connectivity index (χ0n) is 10.7. The first-order valence-corrected chi connectivity index (χ1v) is 6.02. The number of carbonyl (C=O) groups is 2. The average Bonchev–Trinajstić information content (AvgIpc) is 2.74. The van der Waals surface area contributed by atoms with E-state index < -0.39 is 17.4 Å². The highest BCUT2D eigenvalue weighted by Crippen LogP contribution is 2.23. The van der Waals surface area contributed by atoms with Crippen LogP contribution in [0.2, 0.25) is 0 Å². The SMILES string of the molecule is C#Cc1ccccc1-n1c(N)c2c(cc1=O)C(=O)NC2=O. The van der Waals surface area contributed by atoms with Gasteiger partial charge in [-0.2, -0.15) is 0 Å². The molecule has 1 aliphatic heterocycles. The molecule has 1 aromatic carbocycles. The van der Waals surface area contributed by atoms with Gasteiger partial charge in [-0.1, -0.05) is 18.1 Å². The predicted octanol–water partition coefficient (Wildman–Crippen LogP) is 0.285. The van der Waals surface area contributed by atoms with Crippen molar-refractivity contribution in [3.05, 3.63) is 57.4 Å². The molecule has 0 unspecified atom stereocenters. The Bertz CT molecular complexity index is 903. The Morgan fingerprint density at radius 3 is 2.57 bits per heavy atom. The average molecular weight is 279 g/mol. The summed E-state index contributed by atoms with van der Waals surface area (Å²) in [6, 6.07) is 7.77. The molecule has 102 valence electrons. The molecule has 2 heterocycles. The molecule has 0 spiro atoms. The lowest BCUT2D eigenvalue weighted by atomic mass is 10.1. The van der Waals surface area contributed by atoms with Crippen molar-refractivity contribution in [2.24, 2.45) is 0 Å². The maximum absolute atomic E-state index is 12.2. The van der Waals surface area contributed by atoms with Gasteiger partial charge in [0.2, 0.25) is 0 Å². The van der Waals surface area contributed by atoms with E-state index in [1.54, 1.807) is 24.3 Å². The number of pyridine rings is 1. The fourth-order valence-corrected chi connectivity index (χ4v) is 2.32. The first kappa shape index (κ1) is 12.7. The second-order valence-electron chi connectivity index (χ2n) is 4.44. The highest BCUT2D eigenvalue weighted by atomic mass is 16.2. The number of terminal acetylenes is 1. The van der Waals surface area contributed by atoms with Crippen LogP contribution in [0.3, 0.4) is 0 Å². The zero-order chi connectivity index (χ0) is 15.1. The summed E-state index contributed by atoms with van der Waals surface area (Å²) in [4.78, 5) is 35.6. The van der Waals surface area contributed by atoms with Crippen molar-refractivity contribution in [2.45, 2.75) is 0 Å². The monoisotopic (exact) mass is 279 g/mol. The van der Waals surface area contributed by atoms with Gasteiger partial charge in [-0.3, -0.25) is 24.3 Å². The Kier molecular flexibility index (Phi) is 2.63. The van der Waals surface area contributed by atoms with Crippen LogP contribution in [0.5, 0.6) is 0 Å². The number of nitrogens with two attached hydrogens (primary N) is 1. The second-order valence-corrected chi connectivity index (χ2v) is 4.44. The number of amides is 2. The molecule has 1 aliphatic rings. The number of hydrogen-bond acceptors (Lipinski definition) is 4. The standard InChI is InChI=1S/C15H9N3O3/c1-2-8-5-3-4-6-10(8)18-11(19)7-9-12(13(18)16)15(21)17-14(9)20/h1,3-7H,16H2,(H,17,20,21). The number of aromatic nitrogens is 1. The number of fused-ring (bicyclic) bond motifs is 1. The van der Waals surface area contributed by atoms with E-state index in [1.165, 1.54) is 0 Å². The second kappa shape index (κ2) is 4.35. The lowest BCUT2D eigenvalue weighted by molar-refractivity contribution is 0.0880. The van der Waals surface area contributed by atoms with Gasteiger partial charge in [0, 0.05) is 11.6 Å². The van der Waals surface area contributed by atoms with Crippen LogP contribution in [0.1, 0.15) is 26.3 Å². The highest BCUT2D eigenvalue weighted by molar-refractivity contribution is 6.23. The van der Waals surface area contributed by atoms with Gasteiger partial charge in [0.1, 0.15) is 5.82 Å². The van der Waals surface area contributed by atoms with Gasteiger partial charge in [0.25, 0.3) is 17.4 Å². The summed E-state index contributed by atoms with van der Waals surface area (Å²) in [7, 11) is 0. The van der Waals surface area contributed by atoms with Gasteiger partial charge >= 0.3 is 0 Å². The van der Waals surface area contributed by atoms with E-state index in [2.05, 4.69) is 11.2 Å². The van der Waals surface area contributed by atoms with Crippen molar-refractivity contribution in [1.29, 1.82) is 0 Å². The number of rotatable bonds is 1. The quantitative estimate of drug-likeness (QED) is 0.579. The van der Waals surface area contributed by atoms with Gasteiger partial charge in [0.15, 0.2) is 0 Å². The number of nitrogens with zero attached hydrogens (tertiary/aromatic N) is 1. The summed E-state index contributed by atoms with van der Waals surface area (Å²) in [6.45, 7) is 0. The first-order chi connectivity index (χ1) is 10.0. The maximum atomic E-state index is 12.2. The number of nitrogens with one attached hydrogen (secondary N) is 1. The maximum Gasteiger partial charge on any atom is 0.262 e. The Morgan fingerprint density at radius 1 is 1.14 bits per heavy atom. The Hall–Kier alpha value is -3.33. The smallest absolute Gasteiger partial charge is 0.262 e. The number of anilines is 1. The van der Waals surface area contributed by atoms with Crippen LogP contribution < -0.4 is 16.6 Å². The van der Waals surface area contributed by atoms with E-state index in [-0.39, 0.29) is 16.9 Å². The van der Waals surface area contributed by atoms with E-state index in [0.29, 0.717) is 11.3 Å². The number of hydrogen-bond donors (Lipinski definition) is 2. The molecule has 0 radical (unpaired) electrons. The van der Waals surface area contributed by atoms with Crippen LogP contribution in [-0.2, 0) is 0 Å². The number of para-hydroxylation sites is 1. The van der Waals surface area contributed by atoms with Gasteiger partial charge in [0.05, 0.1) is 16.8 Å². The lowest BCUT2D eigenvalue weighted by Crippen LogP contribution is -2.24. The molecule has 1 aromatic heterocycles. The summed E-state index contributed by atoms with van der Waals surface area (Å²) in [6.07, 6.45) is 5.41. The van der Waals surface area contributed by atoms with Crippen molar-refractivity contribution >= 4 is 17.6 Å². The molecule has 2 amide bonds. The topological polar surface area (TPSA) is 94.2 Å². The largest absolute Gasteiger partial charge is 0.384 e. The summed E-state index contributed by atoms with van der Waals surface area (Å²) >= 11 is 0. The fraction of sp³-hybridized carbons (Fsp3) is 0. The Morgan fingerprint density at radius 2 is 1.86 bits per heavy atom. The Balaban J connectivity index is 2.40. The normalized spacial score (nSPS) is 12.7. The third-order valence-electron chi connectivity index (χ3n) is 3.25. The molecular weight excluding hydrogens is 270 g/mol. The molecule has 0 saturated heterocycles. The molecule has 0 aliphatic carbocycles. The summed E-state index contributed by atoms with van der Waals surface area (Å²) in [5.41, 5.74) is 6.21. The zero-order valence-corrected chi connectivity index (χ0v) is 10.7. The van der Waals surface area contributed by atoms with Crippen LogP contribution in [0.25, 0.3) is 5.69 Å². The molecule has 0 saturated carbocycles. The number of benzene rings is 1. The molecule has 0 bridgehead atoms.